The molecule has 126 valence electrons. The third-order valence-electron chi connectivity index (χ3n) is 3.77. The van der Waals surface area contributed by atoms with E-state index in [0.29, 0.717) is 5.56 Å². The van der Waals surface area contributed by atoms with Gasteiger partial charge in [-0.3, -0.25) is 4.79 Å². The van der Waals surface area contributed by atoms with E-state index in [9.17, 15) is 13.2 Å². The van der Waals surface area contributed by atoms with Gasteiger partial charge in [0, 0.05) is 24.5 Å². The normalized spacial score (nSPS) is 15.4. The van der Waals surface area contributed by atoms with Crippen LogP contribution in [0.3, 0.4) is 0 Å². The van der Waals surface area contributed by atoms with Crippen LogP contribution in [0.4, 0.5) is 0 Å². The van der Waals surface area contributed by atoms with Gasteiger partial charge in [0.1, 0.15) is 0 Å². The van der Waals surface area contributed by atoms with Crippen molar-refractivity contribution >= 4 is 27.7 Å². The second-order valence-electron chi connectivity index (χ2n) is 5.36. The Labute approximate surface area is 142 Å². The minimum absolute atomic E-state index is 0.0881. The summed E-state index contributed by atoms with van der Waals surface area (Å²) in [4.78, 5) is 15.5. The fourth-order valence-electron chi connectivity index (χ4n) is 2.54. The van der Waals surface area contributed by atoms with Crippen LogP contribution in [-0.4, -0.2) is 45.1 Å². The number of benzene rings is 1. The summed E-state index contributed by atoms with van der Waals surface area (Å²) in [5, 5.41) is 0. The molecule has 0 saturated carbocycles. The van der Waals surface area contributed by atoms with Crippen LogP contribution in [0.5, 0.6) is 0 Å². The molecule has 1 fully saturated rings. The van der Waals surface area contributed by atoms with Crippen LogP contribution in [0, 0.1) is 0 Å². The molecule has 1 aromatic rings. The molecular formula is C16H22N2O3S2. The number of amides is 1. The van der Waals surface area contributed by atoms with Crippen LogP contribution in [0.25, 0.3) is 0 Å². The molecule has 1 N–H and O–H groups in total. The molecule has 1 saturated heterocycles. The maximum absolute atomic E-state index is 12.8. The van der Waals surface area contributed by atoms with Gasteiger partial charge in [-0.05, 0) is 43.7 Å². The quantitative estimate of drug-likeness (QED) is 0.630. The fraction of sp³-hybridized carbons (Fsp3) is 0.438. The summed E-state index contributed by atoms with van der Waals surface area (Å²) in [7, 11) is -3.64. The highest BCUT2D eigenvalue weighted by atomic mass is 32.2. The molecule has 0 bridgehead atoms. The standard InChI is InChI=1S/C16H22N2O3S2/c1-3-9-17-23(20,21)13-7-8-15(22-2)14(12-13)16(19)18-10-5-4-6-11-18/h3,7-8,12,17H,1,4-6,9-11H2,2H3. The molecule has 1 heterocycles. The van der Waals surface area contributed by atoms with Crippen LogP contribution in [0.2, 0.25) is 0 Å². The summed E-state index contributed by atoms with van der Waals surface area (Å²) >= 11 is 1.45. The number of nitrogens with zero attached hydrogens (tertiary/aromatic N) is 1. The van der Waals surface area contributed by atoms with Crippen molar-refractivity contribution in [3.05, 3.63) is 36.4 Å². The van der Waals surface area contributed by atoms with Crippen molar-refractivity contribution in [1.82, 2.24) is 9.62 Å². The van der Waals surface area contributed by atoms with Gasteiger partial charge in [0.05, 0.1) is 10.5 Å². The van der Waals surface area contributed by atoms with Crippen molar-refractivity contribution in [2.24, 2.45) is 0 Å². The first-order valence-corrected chi connectivity index (χ1v) is 10.3. The summed E-state index contributed by atoms with van der Waals surface area (Å²) in [6.45, 7) is 5.12. The van der Waals surface area contributed by atoms with Crippen molar-refractivity contribution in [1.29, 1.82) is 0 Å². The SMILES string of the molecule is C=CCNS(=O)(=O)c1ccc(SC)c(C(=O)N2CCCCC2)c1. The van der Waals surface area contributed by atoms with Gasteiger partial charge in [-0.2, -0.15) is 0 Å². The van der Waals surface area contributed by atoms with Crippen LogP contribution in [0.15, 0.2) is 40.6 Å². The first kappa shape index (κ1) is 18.0. The van der Waals surface area contributed by atoms with E-state index < -0.39 is 10.0 Å². The average Bonchev–Trinajstić information content (AvgIpc) is 2.59. The maximum atomic E-state index is 12.8. The van der Waals surface area contributed by atoms with E-state index in [0.717, 1.165) is 37.2 Å². The lowest BCUT2D eigenvalue weighted by Gasteiger charge is -2.27. The highest BCUT2D eigenvalue weighted by Gasteiger charge is 2.23. The molecule has 1 aromatic carbocycles. The number of thioether (sulfide) groups is 1. The van der Waals surface area contributed by atoms with Gasteiger partial charge < -0.3 is 4.90 Å². The van der Waals surface area contributed by atoms with Gasteiger partial charge in [-0.1, -0.05) is 6.08 Å². The van der Waals surface area contributed by atoms with Gasteiger partial charge in [0.25, 0.3) is 5.91 Å². The van der Waals surface area contributed by atoms with E-state index in [1.807, 2.05) is 11.2 Å². The molecule has 0 radical (unpaired) electrons. The van der Waals surface area contributed by atoms with E-state index in [1.54, 1.807) is 6.07 Å². The summed E-state index contributed by atoms with van der Waals surface area (Å²) in [5.41, 5.74) is 0.459. The molecule has 23 heavy (non-hydrogen) atoms. The van der Waals surface area contributed by atoms with E-state index in [1.165, 1.54) is 30.0 Å². The van der Waals surface area contributed by atoms with E-state index in [2.05, 4.69) is 11.3 Å². The summed E-state index contributed by atoms with van der Waals surface area (Å²) in [6.07, 6.45) is 6.50. The predicted molar refractivity (Wildman–Crippen MR) is 93.4 cm³/mol. The van der Waals surface area contributed by atoms with Crippen LogP contribution in [-0.2, 0) is 10.0 Å². The van der Waals surface area contributed by atoms with Crippen molar-refractivity contribution in [3.63, 3.8) is 0 Å². The van der Waals surface area contributed by atoms with Crippen molar-refractivity contribution in [2.45, 2.75) is 29.1 Å². The number of nitrogens with one attached hydrogen (secondary N) is 1. The molecule has 0 aliphatic carbocycles. The second kappa shape index (κ2) is 7.99. The molecular weight excluding hydrogens is 332 g/mol. The number of hydrogen-bond donors (Lipinski definition) is 1. The highest BCUT2D eigenvalue weighted by molar-refractivity contribution is 7.98. The zero-order valence-corrected chi connectivity index (χ0v) is 14.9. The third-order valence-corrected chi connectivity index (χ3v) is 5.99. The lowest BCUT2D eigenvalue weighted by atomic mass is 10.1. The van der Waals surface area contributed by atoms with Gasteiger partial charge in [-0.15, -0.1) is 18.3 Å². The fourth-order valence-corrected chi connectivity index (χ4v) is 4.14. The molecule has 2 rings (SSSR count). The van der Waals surface area contributed by atoms with Crippen molar-refractivity contribution in [3.8, 4) is 0 Å². The minimum atomic E-state index is -3.64. The number of likely N-dealkylation sites (tertiary alicyclic amines) is 1. The number of piperidine rings is 1. The second-order valence-corrected chi connectivity index (χ2v) is 7.97. The first-order chi connectivity index (χ1) is 11.0. The molecule has 0 unspecified atom stereocenters. The topological polar surface area (TPSA) is 66.5 Å². The van der Waals surface area contributed by atoms with Crippen LogP contribution < -0.4 is 4.72 Å². The third kappa shape index (κ3) is 4.37. The summed E-state index contributed by atoms with van der Waals surface area (Å²) in [6, 6.07) is 4.71. The van der Waals surface area contributed by atoms with Gasteiger partial charge in [0.15, 0.2) is 0 Å². The minimum Gasteiger partial charge on any atom is -0.339 e. The zero-order chi connectivity index (χ0) is 16.9. The van der Waals surface area contributed by atoms with Crippen LogP contribution in [0.1, 0.15) is 29.6 Å². The first-order valence-electron chi connectivity index (χ1n) is 7.57. The predicted octanol–water partition coefficient (Wildman–Crippen LogP) is 2.50. The Morgan fingerprint density at radius 3 is 2.65 bits per heavy atom. The molecule has 1 aliphatic heterocycles. The molecule has 7 heteroatoms. The zero-order valence-electron chi connectivity index (χ0n) is 13.2. The largest absolute Gasteiger partial charge is 0.339 e. The molecule has 1 amide bonds. The van der Waals surface area contributed by atoms with Crippen LogP contribution >= 0.6 is 11.8 Å². The summed E-state index contributed by atoms with van der Waals surface area (Å²) < 4.78 is 26.9. The maximum Gasteiger partial charge on any atom is 0.255 e. The number of hydrogen-bond acceptors (Lipinski definition) is 4. The lowest BCUT2D eigenvalue weighted by Crippen LogP contribution is -2.36. The average molecular weight is 354 g/mol. The van der Waals surface area contributed by atoms with Gasteiger partial charge in [0.2, 0.25) is 10.0 Å². The Bertz CT molecular complexity index is 681. The number of rotatable bonds is 6. The Morgan fingerprint density at radius 1 is 1.35 bits per heavy atom. The molecule has 1 aliphatic rings. The molecule has 0 spiro atoms. The number of sulfonamides is 1. The van der Waals surface area contributed by atoms with Gasteiger partial charge in [-0.25, -0.2) is 13.1 Å². The smallest absolute Gasteiger partial charge is 0.255 e. The Balaban J connectivity index is 2.35. The van der Waals surface area contributed by atoms with E-state index >= 15 is 0 Å². The van der Waals surface area contributed by atoms with Crippen molar-refractivity contribution < 1.29 is 13.2 Å². The van der Waals surface area contributed by atoms with Gasteiger partial charge >= 0.3 is 0 Å². The highest BCUT2D eigenvalue weighted by Crippen LogP contribution is 2.26. The van der Waals surface area contributed by atoms with E-state index in [4.69, 9.17) is 0 Å². The lowest BCUT2D eigenvalue weighted by molar-refractivity contribution is 0.0720. The number of carbonyl (C=O) groups is 1. The Kier molecular flexibility index (Phi) is 6.26. The van der Waals surface area contributed by atoms with E-state index in [-0.39, 0.29) is 17.3 Å². The number of carbonyl (C=O) groups excluding carboxylic acids is 1. The van der Waals surface area contributed by atoms with Crippen molar-refractivity contribution in [2.75, 3.05) is 25.9 Å². The Morgan fingerprint density at radius 2 is 2.04 bits per heavy atom. The molecule has 5 nitrogen and oxygen atoms in total. The molecule has 0 aromatic heterocycles. The Hall–Kier alpha value is -1.31. The molecule has 0 atom stereocenters. The summed E-state index contributed by atoms with van der Waals surface area (Å²) in [5.74, 6) is -0.0881. The monoisotopic (exact) mass is 354 g/mol.